The Morgan fingerprint density at radius 1 is 1.12 bits per heavy atom. The van der Waals surface area contributed by atoms with Gasteiger partial charge in [0.05, 0.1) is 12.3 Å². The number of guanidine groups is 1. The van der Waals surface area contributed by atoms with Crippen LogP contribution in [0.2, 0.25) is 0 Å². The number of esters is 1. The topological polar surface area (TPSA) is 97.5 Å². The average molecular weight is 471 g/mol. The Morgan fingerprint density at radius 3 is 2.62 bits per heavy atom. The second-order valence-corrected chi connectivity index (χ2v) is 9.76. The average Bonchev–Trinajstić information content (AvgIpc) is 3.35. The third kappa shape index (κ3) is 6.42. The van der Waals surface area contributed by atoms with Crippen LogP contribution < -0.4 is 10.5 Å². The molecule has 1 heterocycles. The van der Waals surface area contributed by atoms with Crippen molar-refractivity contribution in [2.75, 3.05) is 20.2 Å². The molecule has 0 atom stereocenters. The van der Waals surface area contributed by atoms with E-state index in [1.54, 1.807) is 4.90 Å². The van der Waals surface area contributed by atoms with Gasteiger partial charge in [-0.1, -0.05) is 19.3 Å². The molecule has 8 heteroatoms. The molecule has 1 aromatic rings. The van der Waals surface area contributed by atoms with E-state index in [4.69, 9.17) is 15.2 Å². The van der Waals surface area contributed by atoms with Gasteiger partial charge in [-0.2, -0.15) is 0 Å². The summed E-state index contributed by atoms with van der Waals surface area (Å²) in [4.78, 5) is 33.0. The van der Waals surface area contributed by atoms with E-state index in [1.165, 1.54) is 19.3 Å². The van der Waals surface area contributed by atoms with Gasteiger partial charge in [0.25, 0.3) is 0 Å². The number of carbonyl (C=O) groups is 2. The molecule has 1 aromatic carbocycles. The van der Waals surface area contributed by atoms with Crippen LogP contribution in [0.4, 0.5) is 5.69 Å². The minimum atomic E-state index is -0.260. The van der Waals surface area contributed by atoms with Gasteiger partial charge in [-0.15, -0.1) is 0 Å². The van der Waals surface area contributed by atoms with Crippen molar-refractivity contribution in [3.8, 4) is 5.75 Å². The summed E-state index contributed by atoms with van der Waals surface area (Å²) in [6.07, 6.45) is 11.3. The predicted molar refractivity (Wildman–Crippen MR) is 131 cm³/mol. The summed E-state index contributed by atoms with van der Waals surface area (Å²) in [6, 6.07) is 6.09. The minimum Gasteiger partial charge on any atom is -0.494 e. The maximum atomic E-state index is 12.5. The highest BCUT2D eigenvalue weighted by Crippen LogP contribution is 2.30. The van der Waals surface area contributed by atoms with Crippen molar-refractivity contribution in [3.63, 3.8) is 0 Å². The molecule has 1 aliphatic heterocycles. The molecule has 0 radical (unpaired) electrons. The Bertz CT molecular complexity index is 891. The lowest BCUT2D eigenvalue weighted by atomic mass is 9.94. The van der Waals surface area contributed by atoms with Crippen molar-refractivity contribution >= 4 is 23.5 Å². The summed E-state index contributed by atoms with van der Waals surface area (Å²) in [7, 11) is 1.93. The summed E-state index contributed by atoms with van der Waals surface area (Å²) in [5.41, 5.74) is 7.83. The first-order chi connectivity index (χ1) is 16.5. The Balaban J connectivity index is 1.23. The Labute approximate surface area is 202 Å². The molecule has 0 saturated heterocycles. The van der Waals surface area contributed by atoms with E-state index in [2.05, 4.69) is 4.99 Å². The lowest BCUT2D eigenvalue weighted by molar-refractivity contribution is -0.149. The number of benzene rings is 1. The zero-order valence-electron chi connectivity index (χ0n) is 20.3. The minimum absolute atomic E-state index is 0.0390. The number of fused-ring (bicyclic) bond motifs is 1. The molecule has 1 amide bonds. The van der Waals surface area contributed by atoms with Crippen molar-refractivity contribution in [2.24, 2.45) is 10.7 Å². The van der Waals surface area contributed by atoms with E-state index < -0.39 is 0 Å². The number of hydrogen-bond acceptors (Lipinski definition) is 7. The molecule has 0 spiro atoms. The second-order valence-electron chi connectivity index (χ2n) is 9.76. The van der Waals surface area contributed by atoms with Crippen LogP contribution in [0, 0.1) is 0 Å². The number of hydrogen-bond donors (Lipinski definition) is 1. The lowest BCUT2D eigenvalue weighted by Crippen LogP contribution is -2.42. The van der Waals surface area contributed by atoms with Gasteiger partial charge in [-0.25, -0.2) is 4.99 Å². The Kier molecular flexibility index (Phi) is 8.29. The summed E-state index contributed by atoms with van der Waals surface area (Å²) >= 11 is 0. The molecule has 186 valence electrons. The van der Waals surface area contributed by atoms with Crippen LogP contribution in [0.5, 0.6) is 5.75 Å². The van der Waals surface area contributed by atoms with Crippen LogP contribution in [-0.2, 0) is 20.9 Å². The molecule has 8 nitrogen and oxygen atoms in total. The van der Waals surface area contributed by atoms with Crippen LogP contribution in [0.3, 0.4) is 0 Å². The fourth-order valence-electron chi connectivity index (χ4n) is 5.15. The molecular weight excluding hydrogens is 432 g/mol. The molecular formula is C26H38N4O4. The Morgan fingerprint density at radius 2 is 1.85 bits per heavy atom. The standard InChI is InChI=1S/C26H38N4O4/c1-29(20-8-3-2-4-9-20)24(31)12-7-15-33-22-13-14-23-19(16-22)17-30(26(27)28-23)18-25(32)34-21-10-5-6-11-21/h13-14,16,20-21H,2-12,15,17-18H2,1H3,(H2,27,28). The molecule has 34 heavy (non-hydrogen) atoms. The van der Waals surface area contributed by atoms with Crippen molar-refractivity contribution in [1.82, 2.24) is 9.80 Å². The predicted octanol–water partition coefficient (Wildman–Crippen LogP) is 3.88. The number of ether oxygens (including phenoxy) is 2. The van der Waals surface area contributed by atoms with Crippen LogP contribution in [0.1, 0.15) is 76.2 Å². The molecule has 2 saturated carbocycles. The van der Waals surface area contributed by atoms with E-state index in [9.17, 15) is 9.59 Å². The van der Waals surface area contributed by atoms with Gasteiger partial charge in [0.1, 0.15) is 18.4 Å². The largest absolute Gasteiger partial charge is 0.494 e. The van der Waals surface area contributed by atoms with Crippen molar-refractivity contribution < 1.29 is 19.1 Å². The second kappa shape index (κ2) is 11.6. The molecule has 3 aliphatic rings. The van der Waals surface area contributed by atoms with E-state index in [-0.39, 0.29) is 24.5 Å². The van der Waals surface area contributed by atoms with Gasteiger partial charge in [0, 0.05) is 31.6 Å². The monoisotopic (exact) mass is 470 g/mol. The lowest BCUT2D eigenvalue weighted by Gasteiger charge is -2.31. The van der Waals surface area contributed by atoms with Crippen LogP contribution in [-0.4, -0.2) is 60.0 Å². The van der Waals surface area contributed by atoms with Crippen molar-refractivity contribution in [3.05, 3.63) is 23.8 Å². The highest BCUT2D eigenvalue weighted by atomic mass is 16.5. The summed E-state index contributed by atoms with van der Waals surface area (Å²) < 4.78 is 11.5. The number of amides is 1. The highest BCUT2D eigenvalue weighted by Gasteiger charge is 2.25. The number of carbonyl (C=O) groups excluding carboxylic acids is 2. The van der Waals surface area contributed by atoms with Gasteiger partial charge >= 0.3 is 5.97 Å². The zero-order valence-corrected chi connectivity index (χ0v) is 20.3. The smallest absolute Gasteiger partial charge is 0.325 e. The molecule has 2 N–H and O–H groups in total. The Hall–Kier alpha value is -2.77. The molecule has 2 aliphatic carbocycles. The SMILES string of the molecule is CN(C(=O)CCCOc1ccc2c(c1)CN(CC(=O)OC1CCCC1)C(N)=N2)C1CCCCC1. The summed E-state index contributed by atoms with van der Waals surface area (Å²) in [6.45, 7) is 1.05. The fraction of sp³-hybridized carbons (Fsp3) is 0.654. The first kappa shape index (κ1) is 24.4. The zero-order chi connectivity index (χ0) is 23.9. The van der Waals surface area contributed by atoms with Gasteiger partial charge in [-0.05, 0) is 63.1 Å². The number of rotatable bonds is 9. The molecule has 2 fully saturated rings. The maximum absolute atomic E-state index is 12.5. The maximum Gasteiger partial charge on any atom is 0.325 e. The number of aliphatic imine (C=N–C) groups is 1. The quantitative estimate of drug-likeness (QED) is 0.434. The number of nitrogens with two attached hydrogens (primary N) is 1. The first-order valence-electron chi connectivity index (χ1n) is 12.8. The van der Waals surface area contributed by atoms with E-state index in [0.717, 1.165) is 55.5 Å². The van der Waals surface area contributed by atoms with Crippen molar-refractivity contribution in [2.45, 2.75) is 89.3 Å². The van der Waals surface area contributed by atoms with E-state index in [0.29, 0.717) is 38.0 Å². The van der Waals surface area contributed by atoms with E-state index >= 15 is 0 Å². The first-order valence-corrected chi connectivity index (χ1v) is 12.8. The normalized spacial score (nSPS) is 18.9. The fourth-order valence-corrected chi connectivity index (χ4v) is 5.15. The van der Waals surface area contributed by atoms with Crippen LogP contribution in [0.15, 0.2) is 23.2 Å². The van der Waals surface area contributed by atoms with E-state index in [1.807, 2.05) is 30.1 Å². The van der Waals surface area contributed by atoms with Crippen molar-refractivity contribution in [1.29, 1.82) is 0 Å². The summed E-state index contributed by atoms with van der Waals surface area (Å²) in [5, 5.41) is 0. The van der Waals surface area contributed by atoms with Gasteiger partial charge in [0.2, 0.25) is 5.91 Å². The van der Waals surface area contributed by atoms with Crippen LogP contribution in [0.25, 0.3) is 0 Å². The molecule has 0 unspecified atom stereocenters. The van der Waals surface area contributed by atoms with Gasteiger partial charge in [0.15, 0.2) is 5.96 Å². The third-order valence-electron chi connectivity index (χ3n) is 7.21. The molecule has 4 rings (SSSR count). The van der Waals surface area contributed by atoms with Gasteiger partial charge in [-0.3, -0.25) is 9.59 Å². The van der Waals surface area contributed by atoms with Gasteiger partial charge < -0.3 is 25.0 Å². The summed E-state index contributed by atoms with van der Waals surface area (Å²) in [5.74, 6) is 0.996. The third-order valence-corrected chi connectivity index (χ3v) is 7.21. The highest BCUT2D eigenvalue weighted by molar-refractivity contribution is 5.87. The molecule has 0 aromatic heterocycles. The van der Waals surface area contributed by atoms with Crippen LogP contribution >= 0.6 is 0 Å². The number of nitrogens with zero attached hydrogens (tertiary/aromatic N) is 3. The molecule has 0 bridgehead atoms.